The molecule has 1 aliphatic heterocycles. The van der Waals surface area contributed by atoms with Crippen molar-refractivity contribution in [3.05, 3.63) is 67.0 Å². The number of aromatic nitrogens is 3. The molecule has 1 atom stereocenters. The molecule has 2 amide bonds. The van der Waals surface area contributed by atoms with Gasteiger partial charge in [0.15, 0.2) is 0 Å². The summed E-state index contributed by atoms with van der Waals surface area (Å²) in [6, 6.07) is 13.2. The fourth-order valence-electron chi connectivity index (χ4n) is 3.13. The lowest BCUT2D eigenvalue weighted by Gasteiger charge is -2.17. The maximum Gasteiger partial charge on any atom is 0.229 e. The predicted molar refractivity (Wildman–Crippen MR) is 96.8 cm³/mol. The first kappa shape index (κ1) is 16.9. The third-order valence-electron chi connectivity index (χ3n) is 4.47. The van der Waals surface area contributed by atoms with Crippen LogP contribution in [-0.2, 0) is 9.59 Å². The number of hydrogen-bond donors (Lipinski definition) is 1. The van der Waals surface area contributed by atoms with Gasteiger partial charge >= 0.3 is 0 Å². The summed E-state index contributed by atoms with van der Waals surface area (Å²) in [5, 5.41) is 6.92. The molecule has 0 spiro atoms. The molecule has 27 heavy (non-hydrogen) atoms. The van der Waals surface area contributed by atoms with Gasteiger partial charge in [0.25, 0.3) is 0 Å². The SMILES string of the molecule is O=C(Nc1ccccc1-n1cncn1)[C@@H]1CC(=O)N(c2ccccc2F)C1. The van der Waals surface area contributed by atoms with Gasteiger partial charge in [-0.05, 0) is 24.3 Å². The summed E-state index contributed by atoms with van der Waals surface area (Å²) in [6.45, 7) is 0.136. The first-order valence-electron chi connectivity index (χ1n) is 8.43. The molecule has 3 aromatic rings. The first-order valence-corrected chi connectivity index (χ1v) is 8.43. The number of para-hydroxylation sites is 3. The first-order chi connectivity index (χ1) is 13.1. The normalized spacial score (nSPS) is 16.6. The van der Waals surface area contributed by atoms with Crippen LogP contribution in [0.5, 0.6) is 0 Å². The largest absolute Gasteiger partial charge is 0.324 e. The van der Waals surface area contributed by atoms with Gasteiger partial charge in [-0.2, -0.15) is 5.10 Å². The molecule has 2 aromatic carbocycles. The molecule has 1 aliphatic rings. The zero-order chi connectivity index (χ0) is 18.8. The molecule has 136 valence electrons. The summed E-state index contributed by atoms with van der Waals surface area (Å²) in [6.07, 6.45) is 2.97. The highest BCUT2D eigenvalue weighted by Crippen LogP contribution is 2.28. The van der Waals surface area contributed by atoms with Crippen molar-refractivity contribution in [2.75, 3.05) is 16.8 Å². The van der Waals surface area contributed by atoms with E-state index in [9.17, 15) is 14.0 Å². The van der Waals surface area contributed by atoms with E-state index in [1.54, 1.807) is 35.0 Å². The van der Waals surface area contributed by atoms with Gasteiger partial charge in [-0.1, -0.05) is 24.3 Å². The summed E-state index contributed by atoms with van der Waals surface area (Å²) in [7, 11) is 0. The number of amides is 2. The highest BCUT2D eigenvalue weighted by molar-refractivity contribution is 6.04. The minimum absolute atomic E-state index is 0.0334. The Morgan fingerprint density at radius 3 is 2.59 bits per heavy atom. The predicted octanol–water partition coefficient (Wildman–Crippen LogP) is 2.40. The zero-order valence-corrected chi connectivity index (χ0v) is 14.2. The Kier molecular flexibility index (Phi) is 4.37. The van der Waals surface area contributed by atoms with Crippen molar-refractivity contribution >= 4 is 23.2 Å². The van der Waals surface area contributed by atoms with Crippen LogP contribution in [0.4, 0.5) is 15.8 Å². The van der Waals surface area contributed by atoms with Gasteiger partial charge in [0, 0.05) is 13.0 Å². The minimum Gasteiger partial charge on any atom is -0.324 e. The molecule has 2 heterocycles. The Hall–Kier alpha value is -3.55. The number of carbonyl (C=O) groups is 2. The molecule has 4 rings (SSSR count). The Morgan fingerprint density at radius 2 is 1.85 bits per heavy atom. The van der Waals surface area contributed by atoms with Gasteiger partial charge < -0.3 is 10.2 Å². The quantitative estimate of drug-likeness (QED) is 0.770. The molecule has 1 N–H and O–H groups in total. The van der Waals surface area contributed by atoms with Crippen LogP contribution in [-0.4, -0.2) is 33.1 Å². The Morgan fingerprint density at radius 1 is 1.11 bits per heavy atom. The second kappa shape index (κ2) is 6.99. The van der Waals surface area contributed by atoms with Crippen LogP contribution in [0.1, 0.15) is 6.42 Å². The van der Waals surface area contributed by atoms with Crippen molar-refractivity contribution in [2.45, 2.75) is 6.42 Å². The Balaban J connectivity index is 1.52. The third kappa shape index (κ3) is 3.29. The van der Waals surface area contributed by atoms with Crippen molar-refractivity contribution in [3.8, 4) is 5.69 Å². The standard InChI is InChI=1S/C19H16FN5O2/c20-14-5-1-3-7-16(14)24-10-13(9-18(24)26)19(27)23-15-6-2-4-8-17(15)25-12-21-11-22-25/h1-8,11-13H,9-10H2,(H,23,27)/t13-/m1/s1. The monoisotopic (exact) mass is 365 g/mol. The number of anilines is 2. The van der Waals surface area contributed by atoms with Crippen molar-refractivity contribution in [1.82, 2.24) is 14.8 Å². The minimum atomic E-state index is -0.569. The van der Waals surface area contributed by atoms with Crippen LogP contribution in [0.3, 0.4) is 0 Å². The summed E-state index contributed by atoms with van der Waals surface area (Å²) < 4.78 is 15.5. The smallest absolute Gasteiger partial charge is 0.229 e. The summed E-state index contributed by atoms with van der Waals surface area (Å²) in [4.78, 5) is 30.3. The lowest BCUT2D eigenvalue weighted by atomic mass is 10.1. The van der Waals surface area contributed by atoms with E-state index in [-0.39, 0.29) is 30.5 Å². The van der Waals surface area contributed by atoms with E-state index >= 15 is 0 Å². The van der Waals surface area contributed by atoms with Gasteiger partial charge in [-0.3, -0.25) is 9.59 Å². The van der Waals surface area contributed by atoms with Gasteiger partial charge in [-0.25, -0.2) is 14.1 Å². The fourth-order valence-corrected chi connectivity index (χ4v) is 3.13. The van der Waals surface area contributed by atoms with Crippen molar-refractivity contribution in [2.24, 2.45) is 5.92 Å². The van der Waals surface area contributed by atoms with Crippen molar-refractivity contribution in [3.63, 3.8) is 0 Å². The molecule has 0 radical (unpaired) electrons. The highest BCUT2D eigenvalue weighted by Gasteiger charge is 2.36. The molecule has 0 aliphatic carbocycles. The average molecular weight is 365 g/mol. The average Bonchev–Trinajstić information content (AvgIpc) is 3.33. The number of nitrogens with one attached hydrogen (secondary N) is 1. The number of benzene rings is 2. The van der Waals surface area contributed by atoms with Crippen molar-refractivity contribution < 1.29 is 14.0 Å². The molecule has 8 heteroatoms. The van der Waals surface area contributed by atoms with E-state index < -0.39 is 11.7 Å². The number of carbonyl (C=O) groups excluding carboxylic acids is 2. The van der Waals surface area contributed by atoms with Crippen LogP contribution in [0.2, 0.25) is 0 Å². The highest BCUT2D eigenvalue weighted by atomic mass is 19.1. The molecular formula is C19H16FN5O2. The zero-order valence-electron chi connectivity index (χ0n) is 14.2. The number of halogens is 1. The molecule has 7 nitrogen and oxygen atoms in total. The topological polar surface area (TPSA) is 80.1 Å². The van der Waals surface area contributed by atoms with Gasteiger partial charge in [0.05, 0.1) is 23.0 Å². The third-order valence-corrected chi connectivity index (χ3v) is 4.47. The van der Waals surface area contributed by atoms with E-state index in [1.165, 1.54) is 29.7 Å². The molecule has 1 saturated heterocycles. The van der Waals surface area contributed by atoms with Crippen LogP contribution in [0.15, 0.2) is 61.2 Å². The molecule has 1 aromatic heterocycles. The molecule has 0 unspecified atom stereocenters. The lowest BCUT2D eigenvalue weighted by Crippen LogP contribution is -2.29. The van der Waals surface area contributed by atoms with E-state index in [2.05, 4.69) is 15.4 Å². The maximum atomic E-state index is 14.0. The second-order valence-electron chi connectivity index (χ2n) is 6.20. The van der Waals surface area contributed by atoms with Gasteiger partial charge in [0.2, 0.25) is 11.8 Å². The van der Waals surface area contributed by atoms with Gasteiger partial charge in [-0.15, -0.1) is 0 Å². The lowest BCUT2D eigenvalue weighted by molar-refractivity contribution is -0.122. The van der Waals surface area contributed by atoms with E-state index in [0.29, 0.717) is 11.4 Å². The summed E-state index contributed by atoms with van der Waals surface area (Å²) in [5.41, 5.74) is 1.42. The number of hydrogen-bond acceptors (Lipinski definition) is 4. The summed E-state index contributed by atoms with van der Waals surface area (Å²) in [5.74, 6) is -1.62. The second-order valence-corrected chi connectivity index (χ2v) is 6.20. The van der Waals surface area contributed by atoms with Crippen LogP contribution >= 0.6 is 0 Å². The van der Waals surface area contributed by atoms with Crippen LogP contribution < -0.4 is 10.2 Å². The van der Waals surface area contributed by atoms with Gasteiger partial charge in [0.1, 0.15) is 18.5 Å². The number of rotatable bonds is 4. The summed E-state index contributed by atoms with van der Waals surface area (Å²) >= 11 is 0. The molecule has 0 bridgehead atoms. The number of nitrogens with zero attached hydrogens (tertiary/aromatic N) is 4. The van der Waals surface area contributed by atoms with E-state index in [1.807, 2.05) is 6.07 Å². The van der Waals surface area contributed by atoms with E-state index in [4.69, 9.17) is 0 Å². The maximum absolute atomic E-state index is 14.0. The van der Waals surface area contributed by atoms with E-state index in [0.717, 1.165) is 0 Å². The Bertz CT molecular complexity index is 989. The van der Waals surface area contributed by atoms with Crippen LogP contribution in [0.25, 0.3) is 5.69 Å². The fraction of sp³-hybridized carbons (Fsp3) is 0.158. The molecule has 0 saturated carbocycles. The Labute approximate surface area is 154 Å². The molecule has 1 fully saturated rings. The molecular weight excluding hydrogens is 349 g/mol. The van der Waals surface area contributed by atoms with Crippen molar-refractivity contribution in [1.29, 1.82) is 0 Å². The van der Waals surface area contributed by atoms with Crippen LogP contribution in [0, 0.1) is 11.7 Å².